The van der Waals surface area contributed by atoms with E-state index in [2.05, 4.69) is 0 Å². The Balaban J connectivity index is 1.42. The van der Waals surface area contributed by atoms with Crippen LogP contribution in [0.4, 0.5) is 8.78 Å². The molecule has 1 saturated carbocycles. The van der Waals surface area contributed by atoms with E-state index < -0.39 is 23.5 Å². The fourth-order valence-corrected chi connectivity index (χ4v) is 5.14. The number of benzene rings is 4. The van der Waals surface area contributed by atoms with Crippen LogP contribution in [0.15, 0.2) is 121 Å². The number of rotatable bonds is 9. The lowest BCUT2D eigenvalue weighted by atomic mass is 9.80. The molecule has 4 aromatic rings. The molecule has 4 heteroatoms. The molecule has 36 heavy (non-hydrogen) atoms. The van der Waals surface area contributed by atoms with Crippen molar-refractivity contribution in [3.8, 4) is 0 Å². The van der Waals surface area contributed by atoms with Gasteiger partial charge in [-0.3, -0.25) is 0 Å². The van der Waals surface area contributed by atoms with Gasteiger partial charge in [0.25, 0.3) is 5.92 Å². The molecule has 0 N–H and O–H groups in total. The summed E-state index contributed by atoms with van der Waals surface area (Å²) in [6.45, 7) is 0.244. The summed E-state index contributed by atoms with van der Waals surface area (Å²) in [5.41, 5.74) is 2.68. The number of hydrogen-bond donors (Lipinski definition) is 0. The Morgan fingerprint density at radius 1 is 0.667 bits per heavy atom. The highest BCUT2D eigenvalue weighted by Gasteiger charge is 2.51. The van der Waals surface area contributed by atoms with Gasteiger partial charge in [-0.25, -0.2) is 8.78 Å². The average molecular weight is 485 g/mol. The minimum absolute atomic E-state index is 0.0864. The van der Waals surface area contributed by atoms with Gasteiger partial charge < -0.3 is 9.47 Å². The van der Waals surface area contributed by atoms with Gasteiger partial charge in [0, 0.05) is 12.3 Å². The standard InChI is InChI=1S/C32H30F2O2/c33-31(34)22-30(35-23-25-13-5-1-6-14-25)21-29(31)24-36-32(26-15-7-2-8-16-26,27-17-9-3-10-18-27)28-19-11-4-12-20-28/h1-20,29-30H,21-24H2/t29-,30+/m0/s1. The fraction of sp³-hybridized carbons (Fsp3) is 0.250. The molecule has 0 radical (unpaired) electrons. The molecule has 1 aliphatic carbocycles. The predicted octanol–water partition coefficient (Wildman–Crippen LogP) is 7.63. The Bertz CT molecular complexity index is 1120. The largest absolute Gasteiger partial charge is 0.373 e. The molecule has 184 valence electrons. The number of ether oxygens (including phenoxy) is 2. The molecular weight excluding hydrogens is 454 g/mol. The first-order chi connectivity index (χ1) is 17.6. The number of halogens is 2. The summed E-state index contributed by atoms with van der Waals surface area (Å²) in [7, 11) is 0. The van der Waals surface area contributed by atoms with Crippen LogP contribution < -0.4 is 0 Å². The smallest absolute Gasteiger partial charge is 0.255 e. The van der Waals surface area contributed by atoms with Crippen LogP contribution in [-0.2, 0) is 21.7 Å². The highest BCUT2D eigenvalue weighted by atomic mass is 19.3. The van der Waals surface area contributed by atoms with Crippen molar-refractivity contribution in [1.82, 2.24) is 0 Å². The van der Waals surface area contributed by atoms with Crippen molar-refractivity contribution < 1.29 is 18.3 Å². The van der Waals surface area contributed by atoms with Crippen LogP contribution in [0.1, 0.15) is 35.1 Å². The zero-order valence-electron chi connectivity index (χ0n) is 20.1. The molecule has 0 spiro atoms. The third kappa shape index (κ3) is 5.11. The summed E-state index contributed by atoms with van der Waals surface area (Å²) in [5.74, 6) is -3.80. The molecule has 0 aromatic heterocycles. The topological polar surface area (TPSA) is 18.5 Å². The predicted molar refractivity (Wildman–Crippen MR) is 138 cm³/mol. The minimum Gasteiger partial charge on any atom is -0.373 e. The molecule has 0 amide bonds. The Morgan fingerprint density at radius 2 is 1.11 bits per heavy atom. The molecule has 0 heterocycles. The highest BCUT2D eigenvalue weighted by Crippen LogP contribution is 2.46. The molecule has 0 saturated heterocycles. The fourth-order valence-electron chi connectivity index (χ4n) is 5.14. The lowest BCUT2D eigenvalue weighted by Gasteiger charge is -2.37. The Kier molecular flexibility index (Phi) is 7.26. The third-order valence-electron chi connectivity index (χ3n) is 7.02. The van der Waals surface area contributed by atoms with Gasteiger partial charge in [-0.1, -0.05) is 121 Å². The maximum Gasteiger partial charge on any atom is 0.255 e. The van der Waals surface area contributed by atoms with E-state index in [4.69, 9.17) is 9.47 Å². The van der Waals surface area contributed by atoms with Gasteiger partial charge in [-0.2, -0.15) is 0 Å². The van der Waals surface area contributed by atoms with Crippen molar-refractivity contribution in [1.29, 1.82) is 0 Å². The summed E-state index contributed by atoms with van der Waals surface area (Å²) in [5, 5.41) is 0. The maximum absolute atomic E-state index is 15.2. The SMILES string of the molecule is FC1(F)C[C@H](OCc2ccccc2)C[C@H]1COC(c1ccccc1)(c1ccccc1)c1ccccc1. The summed E-state index contributed by atoms with van der Waals surface area (Å²) >= 11 is 0. The van der Waals surface area contributed by atoms with E-state index in [-0.39, 0.29) is 19.4 Å². The van der Waals surface area contributed by atoms with Gasteiger partial charge in [0.2, 0.25) is 0 Å². The van der Waals surface area contributed by atoms with Gasteiger partial charge in [0.05, 0.1) is 19.3 Å². The van der Waals surface area contributed by atoms with E-state index in [1.54, 1.807) is 0 Å². The monoisotopic (exact) mass is 484 g/mol. The number of hydrogen-bond acceptors (Lipinski definition) is 2. The molecule has 0 aliphatic heterocycles. The van der Waals surface area contributed by atoms with Gasteiger partial charge in [0.1, 0.15) is 5.60 Å². The van der Waals surface area contributed by atoms with Crippen LogP contribution in [0, 0.1) is 5.92 Å². The lowest BCUT2D eigenvalue weighted by molar-refractivity contribution is -0.0941. The van der Waals surface area contributed by atoms with Crippen LogP contribution in [0.25, 0.3) is 0 Å². The first-order valence-corrected chi connectivity index (χ1v) is 12.4. The van der Waals surface area contributed by atoms with E-state index >= 15 is 8.78 Å². The quantitative estimate of drug-likeness (QED) is 0.228. The molecule has 0 unspecified atom stereocenters. The van der Waals surface area contributed by atoms with E-state index in [0.717, 1.165) is 22.3 Å². The van der Waals surface area contributed by atoms with Gasteiger partial charge in [0.15, 0.2) is 0 Å². The number of alkyl halides is 2. The molecular formula is C32H30F2O2. The molecule has 5 rings (SSSR count). The van der Waals surface area contributed by atoms with E-state index in [0.29, 0.717) is 6.61 Å². The molecule has 1 fully saturated rings. The van der Waals surface area contributed by atoms with Crippen LogP contribution >= 0.6 is 0 Å². The summed E-state index contributed by atoms with van der Waals surface area (Å²) in [6, 6.07) is 39.2. The van der Waals surface area contributed by atoms with Crippen molar-refractivity contribution in [2.24, 2.45) is 5.92 Å². The molecule has 2 atom stereocenters. The first-order valence-electron chi connectivity index (χ1n) is 12.4. The van der Waals surface area contributed by atoms with Crippen LogP contribution in [0.3, 0.4) is 0 Å². The van der Waals surface area contributed by atoms with E-state index in [1.165, 1.54) is 0 Å². The van der Waals surface area contributed by atoms with E-state index in [1.807, 2.05) is 121 Å². The summed E-state index contributed by atoms with van der Waals surface area (Å²) in [6.07, 6.45) is -0.537. The second-order valence-electron chi connectivity index (χ2n) is 9.41. The maximum atomic E-state index is 15.2. The minimum atomic E-state index is -2.86. The Labute approximate surface area is 211 Å². The second kappa shape index (κ2) is 10.7. The Morgan fingerprint density at radius 3 is 1.58 bits per heavy atom. The van der Waals surface area contributed by atoms with Crippen molar-refractivity contribution in [2.45, 2.75) is 37.1 Å². The Hall–Kier alpha value is -3.34. The summed E-state index contributed by atoms with van der Waals surface area (Å²) in [4.78, 5) is 0. The van der Waals surface area contributed by atoms with Crippen LogP contribution in [-0.4, -0.2) is 18.6 Å². The van der Waals surface area contributed by atoms with Crippen molar-refractivity contribution in [2.75, 3.05) is 6.61 Å². The highest BCUT2D eigenvalue weighted by molar-refractivity contribution is 5.47. The first kappa shape index (κ1) is 24.4. The van der Waals surface area contributed by atoms with Crippen molar-refractivity contribution in [3.05, 3.63) is 144 Å². The summed E-state index contributed by atoms with van der Waals surface area (Å²) < 4.78 is 43.0. The van der Waals surface area contributed by atoms with Crippen molar-refractivity contribution >= 4 is 0 Å². The third-order valence-corrected chi connectivity index (χ3v) is 7.02. The van der Waals surface area contributed by atoms with Gasteiger partial charge >= 0.3 is 0 Å². The van der Waals surface area contributed by atoms with Gasteiger partial charge in [-0.05, 0) is 28.7 Å². The van der Waals surface area contributed by atoms with Crippen molar-refractivity contribution in [3.63, 3.8) is 0 Å². The van der Waals surface area contributed by atoms with E-state index in [9.17, 15) is 0 Å². The van der Waals surface area contributed by atoms with Crippen LogP contribution in [0.5, 0.6) is 0 Å². The zero-order chi connectivity index (χ0) is 24.8. The molecule has 2 nitrogen and oxygen atoms in total. The second-order valence-corrected chi connectivity index (χ2v) is 9.41. The lowest BCUT2D eigenvalue weighted by Crippen LogP contribution is -2.37. The molecule has 0 bridgehead atoms. The van der Waals surface area contributed by atoms with Gasteiger partial charge in [-0.15, -0.1) is 0 Å². The zero-order valence-corrected chi connectivity index (χ0v) is 20.1. The molecule has 1 aliphatic rings. The van der Waals surface area contributed by atoms with Crippen LogP contribution in [0.2, 0.25) is 0 Å². The average Bonchev–Trinajstić information content (AvgIpc) is 3.23. The molecule has 4 aromatic carbocycles. The normalized spacial score (nSPS) is 19.3.